The van der Waals surface area contributed by atoms with Crippen molar-refractivity contribution in [3.8, 4) is 5.75 Å². The quantitative estimate of drug-likeness (QED) is 0.846. The fourth-order valence-electron chi connectivity index (χ4n) is 3.73. The fourth-order valence-corrected chi connectivity index (χ4v) is 3.73. The van der Waals surface area contributed by atoms with Gasteiger partial charge in [-0.1, -0.05) is 36.4 Å². The number of rotatable bonds is 3. The Labute approximate surface area is 148 Å². The predicted octanol–water partition coefficient (Wildman–Crippen LogP) is 4.10. The Hall–Kier alpha value is -2.49. The van der Waals surface area contributed by atoms with E-state index in [2.05, 4.69) is 12.1 Å². The molecule has 2 aromatic carbocycles. The minimum absolute atomic E-state index is 0.277. The van der Waals surface area contributed by atoms with Crippen molar-refractivity contribution in [2.75, 3.05) is 7.05 Å². The van der Waals surface area contributed by atoms with Crippen LogP contribution in [0.2, 0.25) is 0 Å². The first kappa shape index (κ1) is 16.0. The Morgan fingerprint density at radius 1 is 1.12 bits per heavy atom. The molecule has 2 aliphatic rings. The van der Waals surface area contributed by atoms with Gasteiger partial charge in [0.05, 0.1) is 0 Å². The number of hydrogen-bond donors (Lipinski definition) is 0. The summed E-state index contributed by atoms with van der Waals surface area (Å²) in [5.74, 6) is 0.924. The van der Waals surface area contributed by atoms with E-state index < -0.39 is 0 Å². The van der Waals surface area contributed by atoms with Crippen LogP contribution in [0.1, 0.15) is 35.1 Å². The molecular formula is C21H23NO3. The second-order valence-electron chi connectivity index (χ2n) is 6.81. The summed E-state index contributed by atoms with van der Waals surface area (Å²) in [6.45, 7) is 0.277. The number of aryl methyl sites for hydroxylation is 1. The zero-order valence-corrected chi connectivity index (χ0v) is 14.5. The van der Waals surface area contributed by atoms with Crippen LogP contribution in [0.5, 0.6) is 5.75 Å². The van der Waals surface area contributed by atoms with Crippen molar-refractivity contribution < 1.29 is 14.3 Å². The van der Waals surface area contributed by atoms with Crippen LogP contribution < -0.4 is 4.74 Å². The number of ether oxygens (including phenoxy) is 2. The molecule has 4 nitrogen and oxygen atoms in total. The van der Waals surface area contributed by atoms with Gasteiger partial charge in [0, 0.05) is 19.0 Å². The van der Waals surface area contributed by atoms with Crippen molar-refractivity contribution in [3.05, 3.63) is 64.7 Å². The number of nitrogens with zero attached hydrogens (tertiary/aromatic N) is 1. The number of amides is 1. The molecule has 1 aliphatic heterocycles. The largest absolute Gasteiger partial charge is 0.470 e. The Balaban J connectivity index is 1.41. The van der Waals surface area contributed by atoms with Gasteiger partial charge in [0.2, 0.25) is 0 Å². The van der Waals surface area contributed by atoms with E-state index in [0.717, 1.165) is 30.6 Å². The van der Waals surface area contributed by atoms with Gasteiger partial charge in [-0.2, -0.15) is 0 Å². The molecular weight excluding hydrogens is 314 g/mol. The SMILES string of the molecule is CN(C(=O)OCc1ccccc1)C1Cc2c(ccc3c2CCCC3)O1. The molecule has 1 unspecified atom stereocenters. The van der Waals surface area contributed by atoms with Crippen molar-refractivity contribution in [1.82, 2.24) is 4.90 Å². The molecule has 0 aromatic heterocycles. The number of carbonyl (C=O) groups excluding carboxylic acids is 1. The summed E-state index contributed by atoms with van der Waals surface area (Å²) in [7, 11) is 1.75. The summed E-state index contributed by atoms with van der Waals surface area (Å²) in [6.07, 6.45) is 4.89. The molecule has 25 heavy (non-hydrogen) atoms. The van der Waals surface area contributed by atoms with Crippen LogP contribution in [0.15, 0.2) is 42.5 Å². The average Bonchev–Trinajstić information content (AvgIpc) is 3.11. The van der Waals surface area contributed by atoms with Gasteiger partial charge in [-0.25, -0.2) is 4.79 Å². The van der Waals surface area contributed by atoms with Crippen LogP contribution in [0, 0.1) is 0 Å². The summed E-state index contributed by atoms with van der Waals surface area (Å²) in [5, 5.41) is 0. The van der Waals surface area contributed by atoms with Gasteiger partial charge in [-0.3, -0.25) is 4.90 Å². The van der Waals surface area contributed by atoms with Crippen LogP contribution in [0.4, 0.5) is 4.79 Å². The Morgan fingerprint density at radius 2 is 1.92 bits per heavy atom. The van der Waals surface area contributed by atoms with E-state index in [1.54, 1.807) is 11.9 Å². The lowest BCUT2D eigenvalue weighted by Crippen LogP contribution is -2.40. The highest BCUT2D eigenvalue weighted by molar-refractivity contribution is 5.68. The second-order valence-corrected chi connectivity index (χ2v) is 6.81. The molecule has 4 rings (SSSR count). The van der Waals surface area contributed by atoms with Gasteiger partial charge in [0.1, 0.15) is 12.4 Å². The first-order chi connectivity index (χ1) is 12.2. The molecule has 0 radical (unpaired) electrons. The van der Waals surface area contributed by atoms with Gasteiger partial charge in [0.15, 0.2) is 6.23 Å². The monoisotopic (exact) mass is 337 g/mol. The standard InChI is InChI=1S/C21H23NO3/c1-22(21(23)24-14-15-7-3-2-4-8-15)20-13-18-17-10-6-5-9-16(17)11-12-19(18)25-20/h2-4,7-8,11-12,20H,5-6,9-10,13-14H2,1H3. The highest BCUT2D eigenvalue weighted by Gasteiger charge is 2.32. The van der Waals surface area contributed by atoms with Gasteiger partial charge in [-0.05, 0) is 48.4 Å². The van der Waals surface area contributed by atoms with E-state index in [4.69, 9.17) is 9.47 Å². The maximum atomic E-state index is 12.4. The van der Waals surface area contributed by atoms with Gasteiger partial charge in [0.25, 0.3) is 0 Å². The molecule has 1 aliphatic carbocycles. The number of benzene rings is 2. The van der Waals surface area contributed by atoms with Crippen molar-refractivity contribution in [2.45, 2.75) is 44.9 Å². The zero-order valence-electron chi connectivity index (χ0n) is 14.5. The molecule has 0 bridgehead atoms. The summed E-state index contributed by atoms with van der Waals surface area (Å²) in [6, 6.07) is 14.0. The number of likely N-dealkylation sites (N-methyl/N-ethyl adjacent to an activating group) is 1. The Bertz CT molecular complexity index is 772. The van der Waals surface area contributed by atoms with Gasteiger partial charge >= 0.3 is 6.09 Å². The predicted molar refractivity (Wildman–Crippen MR) is 95.6 cm³/mol. The van der Waals surface area contributed by atoms with Crippen LogP contribution in [-0.4, -0.2) is 24.3 Å². The number of carbonyl (C=O) groups is 1. The van der Waals surface area contributed by atoms with Crippen LogP contribution >= 0.6 is 0 Å². The van der Waals surface area contributed by atoms with Gasteiger partial charge < -0.3 is 9.47 Å². The second kappa shape index (κ2) is 6.79. The molecule has 1 amide bonds. The third-order valence-electron chi connectivity index (χ3n) is 5.17. The van der Waals surface area contributed by atoms with Crippen molar-refractivity contribution in [2.24, 2.45) is 0 Å². The van der Waals surface area contributed by atoms with Gasteiger partial charge in [-0.15, -0.1) is 0 Å². The fraction of sp³-hybridized carbons (Fsp3) is 0.381. The summed E-state index contributed by atoms with van der Waals surface area (Å²) < 4.78 is 11.5. The molecule has 0 N–H and O–H groups in total. The summed E-state index contributed by atoms with van der Waals surface area (Å²) in [5.41, 5.74) is 5.15. The molecule has 0 saturated carbocycles. The normalized spacial score (nSPS) is 18.0. The smallest absolute Gasteiger partial charge is 0.412 e. The van der Waals surface area contributed by atoms with E-state index in [1.165, 1.54) is 29.5 Å². The number of fused-ring (bicyclic) bond motifs is 3. The van der Waals surface area contributed by atoms with Crippen LogP contribution in [-0.2, 0) is 30.6 Å². The molecule has 130 valence electrons. The maximum absolute atomic E-state index is 12.4. The minimum Gasteiger partial charge on any atom is -0.470 e. The minimum atomic E-state index is -0.351. The van der Waals surface area contributed by atoms with E-state index in [1.807, 2.05) is 30.3 Å². The van der Waals surface area contributed by atoms with E-state index >= 15 is 0 Å². The molecule has 0 fully saturated rings. The Kier molecular flexibility index (Phi) is 4.35. The summed E-state index contributed by atoms with van der Waals surface area (Å²) in [4.78, 5) is 13.9. The topological polar surface area (TPSA) is 38.8 Å². The van der Waals surface area contributed by atoms with E-state index in [9.17, 15) is 4.79 Å². The zero-order chi connectivity index (χ0) is 17.2. The van der Waals surface area contributed by atoms with Crippen LogP contribution in [0.3, 0.4) is 0 Å². The highest BCUT2D eigenvalue weighted by Crippen LogP contribution is 2.37. The van der Waals surface area contributed by atoms with E-state index in [-0.39, 0.29) is 18.9 Å². The Morgan fingerprint density at radius 3 is 2.76 bits per heavy atom. The molecule has 0 spiro atoms. The maximum Gasteiger partial charge on any atom is 0.412 e. The lowest BCUT2D eigenvalue weighted by Gasteiger charge is -2.23. The van der Waals surface area contributed by atoms with E-state index in [0.29, 0.717) is 0 Å². The molecule has 2 aromatic rings. The first-order valence-electron chi connectivity index (χ1n) is 8.96. The molecule has 1 atom stereocenters. The van der Waals surface area contributed by atoms with Crippen molar-refractivity contribution >= 4 is 6.09 Å². The third-order valence-corrected chi connectivity index (χ3v) is 5.17. The summed E-state index contributed by atoms with van der Waals surface area (Å²) >= 11 is 0. The van der Waals surface area contributed by atoms with Crippen molar-refractivity contribution in [1.29, 1.82) is 0 Å². The highest BCUT2D eigenvalue weighted by atomic mass is 16.6. The van der Waals surface area contributed by atoms with Crippen molar-refractivity contribution in [3.63, 3.8) is 0 Å². The lowest BCUT2D eigenvalue weighted by atomic mass is 9.87. The first-order valence-corrected chi connectivity index (χ1v) is 8.96. The molecule has 1 heterocycles. The number of hydrogen-bond acceptors (Lipinski definition) is 3. The molecule has 4 heteroatoms. The average molecular weight is 337 g/mol. The lowest BCUT2D eigenvalue weighted by molar-refractivity contribution is 0.0374. The van der Waals surface area contributed by atoms with Crippen LogP contribution in [0.25, 0.3) is 0 Å². The third kappa shape index (κ3) is 3.21. The molecule has 0 saturated heterocycles.